The molecule has 0 amide bonds. The molecular weight excluding hydrogens is 252 g/mol. The molecule has 1 aromatic rings. The number of sulfonamides is 1. The average molecular weight is 272 g/mol. The Morgan fingerprint density at radius 2 is 1.89 bits per heavy atom. The maximum atomic E-state index is 12.3. The lowest BCUT2D eigenvalue weighted by Crippen LogP contribution is -2.32. The second-order valence-electron chi connectivity index (χ2n) is 4.20. The van der Waals surface area contributed by atoms with Crippen LogP contribution in [0.3, 0.4) is 0 Å². The van der Waals surface area contributed by atoms with Crippen LogP contribution in [0.15, 0.2) is 17.0 Å². The minimum atomic E-state index is -3.48. The van der Waals surface area contributed by atoms with Crippen molar-refractivity contribution in [2.24, 2.45) is 5.73 Å². The van der Waals surface area contributed by atoms with Gasteiger partial charge in [-0.1, -0.05) is 0 Å². The maximum absolute atomic E-state index is 12.3. The highest BCUT2D eigenvalue weighted by Crippen LogP contribution is 2.27. The summed E-state index contributed by atoms with van der Waals surface area (Å²) in [5, 5.41) is 0. The Hall–Kier alpha value is -1.11. The molecule has 0 bridgehead atoms. The van der Waals surface area contributed by atoms with Gasteiger partial charge in [-0.15, -0.1) is 0 Å². The molecule has 18 heavy (non-hydrogen) atoms. The zero-order valence-corrected chi connectivity index (χ0v) is 12.0. The van der Waals surface area contributed by atoms with E-state index in [0.29, 0.717) is 29.3 Å². The van der Waals surface area contributed by atoms with Gasteiger partial charge < -0.3 is 10.5 Å². The molecule has 0 aromatic heterocycles. The van der Waals surface area contributed by atoms with Crippen LogP contribution < -0.4 is 10.5 Å². The molecule has 0 unspecified atom stereocenters. The summed E-state index contributed by atoms with van der Waals surface area (Å²) in [4.78, 5) is 0.303. The van der Waals surface area contributed by atoms with Gasteiger partial charge >= 0.3 is 0 Å². The molecule has 0 aliphatic heterocycles. The van der Waals surface area contributed by atoms with E-state index in [9.17, 15) is 8.42 Å². The summed E-state index contributed by atoms with van der Waals surface area (Å²) in [5.41, 5.74) is 6.85. The number of hydrogen-bond acceptors (Lipinski definition) is 4. The molecule has 0 radical (unpaired) electrons. The van der Waals surface area contributed by atoms with Crippen LogP contribution >= 0.6 is 0 Å². The Morgan fingerprint density at radius 3 is 2.39 bits per heavy atom. The number of nitrogens with two attached hydrogens (primary N) is 1. The number of rotatable bonds is 5. The maximum Gasteiger partial charge on any atom is 0.243 e. The van der Waals surface area contributed by atoms with E-state index in [4.69, 9.17) is 10.5 Å². The van der Waals surface area contributed by atoms with Crippen molar-refractivity contribution < 1.29 is 13.2 Å². The van der Waals surface area contributed by atoms with Crippen molar-refractivity contribution in [3.63, 3.8) is 0 Å². The largest absolute Gasteiger partial charge is 0.496 e. The molecule has 0 aliphatic rings. The molecule has 0 atom stereocenters. The van der Waals surface area contributed by atoms with E-state index in [2.05, 4.69) is 0 Å². The van der Waals surface area contributed by atoms with Crippen LogP contribution in [-0.2, 0) is 10.0 Å². The second kappa shape index (κ2) is 5.69. The van der Waals surface area contributed by atoms with Gasteiger partial charge in [-0.2, -0.15) is 4.31 Å². The summed E-state index contributed by atoms with van der Waals surface area (Å²) in [5.74, 6) is 0.688. The predicted molar refractivity (Wildman–Crippen MR) is 71.3 cm³/mol. The number of hydrogen-bond donors (Lipinski definition) is 1. The van der Waals surface area contributed by atoms with Crippen molar-refractivity contribution in [3.05, 3.63) is 23.3 Å². The molecule has 2 N–H and O–H groups in total. The van der Waals surface area contributed by atoms with Crippen LogP contribution in [0.1, 0.15) is 11.1 Å². The first-order valence-corrected chi connectivity index (χ1v) is 7.10. The number of nitrogens with zero attached hydrogens (tertiary/aromatic N) is 1. The molecule has 0 saturated heterocycles. The molecule has 1 rings (SSSR count). The summed E-state index contributed by atoms with van der Waals surface area (Å²) in [6.45, 7) is 4.17. The average Bonchev–Trinajstić information content (AvgIpc) is 2.31. The molecule has 0 aliphatic carbocycles. The number of likely N-dealkylation sites (N-methyl/N-ethyl adjacent to an activating group) is 1. The summed E-state index contributed by atoms with van der Waals surface area (Å²) in [6, 6.07) is 3.37. The van der Waals surface area contributed by atoms with Crippen LogP contribution in [0, 0.1) is 13.8 Å². The molecule has 5 nitrogen and oxygen atoms in total. The Bertz CT molecular complexity index is 526. The van der Waals surface area contributed by atoms with E-state index in [-0.39, 0.29) is 0 Å². The summed E-state index contributed by atoms with van der Waals surface area (Å²) in [7, 11) is -0.387. The third-order valence-electron chi connectivity index (χ3n) is 2.82. The third kappa shape index (κ3) is 2.82. The standard InChI is InChI=1S/C12H20N2O3S/c1-9-8-12(10(2)7-11(9)17-4)18(15,16)14(3)6-5-13/h7-8H,5-6,13H2,1-4H3. The smallest absolute Gasteiger partial charge is 0.243 e. The fraction of sp³-hybridized carbons (Fsp3) is 0.500. The van der Waals surface area contributed by atoms with Crippen molar-refractivity contribution in [1.82, 2.24) is 4.31 Å². The van der Waals surface area contributed by atoms with Crippen molar-refractivity contribution >= 4 is 10.0 Å². The Labute approximate surface area is 109 Å². The van der Waals surface area contributed by atoms with Gasteiger partial charge in [-0.3, -0.25) is 0 Å². The number of methoxy groups -OCH3 is 1. The highest BCUT2D eigenvalue weighted by Gasteiger charge is 2.23. The van der Waals surface area contributed by atoms with Crippen LogP contribution in [0.5, 0.6) is 5.75 Å². The van der Waals surface area contributed by atoms with Gasteiger partial charge in [0.15, 0.2) is 0 Å². The molecule has 1 aromatic carbocycles. The van der Waals surface area contributed by atoms with Crippen molar-refractivity contribution in [2.75, 3.05) is 27.2 Å². The third-order valence-corrected chi connectivity index (χ3v) is 4.82. The van der Waals surface area contributed by atoms with Gasteiger partial charge in [-0.05, 0) is 37.1 Å². The minimum Gasteiger partial charge on any atom is -0.496 e. The van der Waals surface area contributed by atoms with Crippen LogP contribution in [0.25, 0.3) is 0 Å². The van der Waals surface area contributed by atoms with Gasteiger partial charge in [-0.25, -0.2) is 8.42 Å². The monoisotopic (exact) mass is 272 g/mol. The first-order chi connectivity index (χ1) is 8.34. The zero-order valence-electron chi connectivity index (χ0n) is 11.2. The molecule has 6 heteroatoms. The van der Waals surface area contributed by atoms with E-state index in [1.54, 1.807) is 26.2 Å². The Kier molecular flexibility index (Phi) is 4.72. The van der Waals surface area contributed by atoms with Crippen molar-refractivity contribution in [1.29, 1.82) is 0 Å². The van der Waals surface area contributed by atoms with Gasteiger partial charge in [0.1, 0.15) is 5.75 Å². The SMILES string of the molecule is COc1cc(C)c(S(=O)(=O)N(C)CCN)cc1C. The number of benzene rings is 1. The quantitative estimate of drug-likeness (QED) is 0.864. The highest BCUT2D eigenvalue weighted by atomic mass is 32.2. The molecule has 0 fully saturated rings. The van der Waals surface area contributed by atoms with E-state index in [1.165, 1.54) is 11.4 Å². The van der Waals surface area contributed by atoms with E-state index in [0.717, 1.165) is 5.56 Å². The first-order valence-electron chi connectivity index (χ1n) is 5.66. The van der Waals surface area contributed by atoms with Crippen LogP contribution in [-0.4, -0.2) is 40.0 Å². The van der Waals surface area contributed by atoms with Gasteiger partial charge in [0.25, 0.3) is 0 Å². The molecule has 0 heterocycles. The molecule has 0 spiro atoms. The number of ether oxygens (including phenoxy) is 1. The van der Waals surface area contributed by atoms with Crippen molar-refractivity contribution in [3.8, 4) is 5.75 Å². The molecule has 102 valence electrons. The van der Waals surface area contributed by atoms with Crippen LogP contribution in [0.2, 0.25) is 0 Å². The second-order valence-corrected chi connectivity index (χ2v) is 6.22. The van der Waals surface area contributed by atoms with Gasteiger partial charge in [0, 0.05) is 20.1 Å². The van der Waals surface area contributed by atoms with E-state index in [1.807, 2.05) is 6.92 Å². The van der Waals surface area contributed by atoms with Crippen LogP contribution in [0.4, 0.5) is 0 Å². The number of aryl methyl sites for hydroxylation is 2. The van der Waals surface area contributed by atoms with Gasteiger partial charge in [0.2, 0.25) is 10.0 Å². The normalized spacial score (nSPS) is 11.9. The fourth-order valence-corrected chi connectivity index (χ4v) is 3.20. The lowest BCUT2D eigenvalue weighted by Gasteiger charge is -2.19. The van der Waals surface area contributed by atoms with Crippen molar-refractivity contribution in [2.45, 2.75) is 18.7 Å². The summed E-state index contributed by atoms with van der Waals surface area (Å²) >= 11 is 0. The zero-order chi connectivity index (χ0) is 13.9. The van der Waals surface area contributed by atoms with E-state index >= 15 is 0 Å². The molecular formula is C12H20N2O3S. The fourth-order valence-electron chi connectivity index (χ4n) is 1.73. The first kappa shape index (κ1) is 14.9. The topological polar surface area (TPSA) is 72.6 Å². The summed E-state index contributed by atoms with van der Waals surface area (Å²) < 4.78 is 31.1. The lowest BCUT2D eigenvalue weighted by molar-refractivity contribution is 0.410. The predicted octanol–water partition coefficient (Wildman–Crippen LogP) is 0.891. The lowest BCUT2D eigenvalue weighted by atomic mass is 10.1. The Balaban J connectivity index is 3.29. The molecule has 0 saturated carbocycles. The Morgan fingerprint density at radius 1 is 1.28 bits per heavy atom. The van der Waals surface area contributed by atoms with E-state index < -0.39 is 10.0 Å². The summed E-state index contributed by atoms with van der Waals surface area (Å²) in [6.07, 6.45) is 0. The van der Waals surface area contributed by atoms with Gasteiger partial charge in [0.05, 0.1) is 12.0 Å². The highest BCUT2D eigenvalue weighted by molar-refractivity contribution is 7.89. The minimum absolute atomic E-state index is 0.296.